The molecular weight excluding hydrogens is 226 g/mol. The molecule has 1 saturated carbocycles. The van der Waals surface area contributed by atoms with Crippen LogP contribution < -0.4 is 5.32 Å². The first-order valence-electron chi connectivity index (χ1n) is 7.45. The van der Waals surface area contributed by atoms with Crippen LogP contribution in [0.3, 0.4) is 0 Å². The minimum absolute atomic E-state index is 0.263. The summed E-state index contributed by atoms with van der Waals surface area (Å²) in [4.78, 5) is 16.4. The van der Waals surface area contributed by atoms with Gasteiger partial charge in [-0.15, -0.1) is 0 Å². The van der Waals surface area contributed by atoms with Crippen LogP contribution >= 0.6 is 0 Å². The predicted octanol–water partition coefficient (Wildman–Crippen LogP) is 1.32. The summed E-state index contributed by atoms with van der Waals surface area (Å²) in [6.45, 7) is 12.0. The molecule has 0 aromatic carbocycles. The Bertz CT molecular complexity index is 241. The molecule has 0 radical (unpaired) electrons. The molecule has 18 heavy (non-hydrogen) atoms. The zero-order valence-corrected chi connectivity index (χ0v) is 12.2. The van der Waals surface area contributed by atoms with E-state index in [1.807, 2.05) is 4.90 Å². The van der Waals surface area contributed by atoms with Crippen molar-refractivity contribution in [3.05, 3.63) is 0 Å². The van der Waals surface area contributed by atoms with Crippen LogP contribution in [-0.4, -0.2) is 61.0 Å². The second-order valence-electron chi connectivity index (χ2n) is 5.02. The van der Waals surface area contributed by atoms with Gasteiger partial charge in [-0.05, 0) is 39.3 Å². The summed E-state index contributed by atoms with van der Waals surface area (Å²) in [5.41, 5.74) is 0. The van der Waals surface area contributed by atoms with Crippen molar-refractivity contribution in [2.45, 2.75) is 46.1 Å². The normalized spacial score (nSPS) is 15.1. The molecule has 4 heteroatoms. The molecule has 1 rings (SSSR count). The Kier molecular flexibility index (Phi) is 7.28. The number of carbonyl (C=O) groups excluding carboxylic acids is 1. The molecule has 0 aromatic heterocycles. The Morgan fingerprint density at radius 1 is 1.17 bits per heavy atom. The standard InChI is InChI=1S/C14H29N3O/c1-4-10-16(5-2)11-9-15-12-14(18)17(6-3)13-7-8-13/h13,15H,4-12H2,1-3H3. The summed E-state index contributed by atoms with van der Waals surface area (Å²) in [6.07, 6.45) is 3.58. The number of likely N-dealkylation sites (N-methyl/N-ethyl adjacent to an activating group) is 2. The van der Waals surface area contributed by atoms with Gasteiger partial charge in [-0.25, -0.2) is 0 Å². The SMILES string of the molecule is CCCN(CC)CCNCC(=O)N(CC)C1CC1. The maximum absolute atomic E-state index is 11.9. The second-order valence-corrected chi connectivity index (χ2v) is 5.02. The Labute approximate surface area is 112 Å². The fourth-order valence-corrected chi connectivity index (χ4v) is 2.30. The van der Waals surface area contributed by atoms with Crippen molar-refractivity contribution in [1.82, 2.24) is 15.1 Å². The first kappa shape index (κ1) is 15.4. The van der Waals surface area contributed by atoms with E-state index in [1.54, 1.807) is 0 Å². The van der Waals surface area contributed by atoms with Crippen LogP contribution in [0.25, 0.3) is 0 Å². The van der Waals surface area contributed by atoms with E-state index in [0.717, 1.165) is 32.7 Å². The highest BCUT2D eigenvalue weighted by molar-refractivity contribution is 5.78. The van der Waals surface area contributed by atoms with Crippen LogP contribution in [-0.2, 0) is 4.79 Å². The van der Waals surface area contributed by atoms with E-state index >= 15 is 0 Å². The number of nitrogens with one attached hydrogen (secondary N) is 1. The third-order valence-corrected chi connectivity index (χ3v) is 3.52. The van der Waals surface area contributed by atoms with Crippen molar-refractivity contribution in [3.8, 4) is 0 Å². The Morgan fingerprint density at radius 2 is 1.89 bits per heavy atom. The average molecular weight is 255 g/mol. The Balaban J connectivity index is 2.10. The summed E-state index contributed by atoms with van der Waals surface area (Å²) in [5, 5.41) is 3.27. The zero-order chi connectivity index (χ0) is 13.4. The topological polar surface area (TPSA) is 35.6 Å². The van der Waals surface area contributed by atoms with Crippen molar-refractivity contribution in [2.75, 3.05) is 39.3 Å². The number of hydrogen-bond acceptors (Lipinski definition) is 3. The lowest BCUT2D eigenvalue weighted by Gasteiger charge is -2.22. The van der Waals surface area contributed by atoms with Crippen LogP contribution in [0.5, 0.6) is 0 Å². The summed E-state index contributed by atoms with van der Waals surface area (Å²) in [5.74, 6) is 0.263. The molecule has 106 valence electrons. The summed E-state index contributed by atoms with van der Waals surface area (Å²) < 4.78 is 0. The summed E-state index contributed by atoms with van der Waals surface area (Å²) in [6, 6.07) is 0.538. The third kappa shape index (κ3) is 5.36. The molecule has 0 heterocycles. The third-order valence-electron chi connectivity index (χ3n) is 3.52. The van der Waals surface area contributed by atoms with E-state index in [1.165, 1.54) is 19.3 Å². The van der Waals surface area contributed by atoms with Crippen molar-refractivity contribution in [1.29, 1.82) is 0 Å². The van der Waals surface area contributed by atoms with Gasteiger partial charge >= 0.3 is 0 Å². The molecule has 1 fully saturated rings. The fraction of sp³-hybridized carbons (Fsp3) is 0.929. The Hall–Kier alpha value is -0.610. The zero-order valence-electron chi connectivity index (χ0n) is 12.2. The van der Waals surface area contributed by atoms with Gasteiger partial charge < -0.3 is 15.1 Å². The molecule has 1 N–H and O–H groups in total. The van der Waals surface area contributed by atoms with Crippen molar-refractivity contribution in [3.63, 3.8) is 0 Å². The molecule has 4 nitrogen and oxygen atoms in total. The highest BCUT2D eigenvalue weighted by Crippen LogP contribution is 2.26. The van der Waals surface area contributed by atoms with Crippen molar-refractivity contribution in [2.24, 2.45) is 0 Å². The molecule has 0 unspecified atom stereocenters. The molecular formula is C14H29N3O. The van der Waals surface area contributed by atoms with Gasteiger partial charge in [-0.2, -0.15) is 0 Å². The lowest BCUT2D eigenvalue weighted by molar-refractivity contribution is -0.130. The van der Waals surface area contributed by atoms with E-state index < -0.39 is 0 Å². The van der Waals surface area contributed by atoms with Gasteiger partial charge in [-0.1, -0.05) is 13.8 Å². The average Bonchev–Trinajstić information content (AvgIpc) is 3.18. The molecule has 0 aliphatic heterocycles. The molecule has 0 bridgehead atoms. The molecule has 0 saturated heterocycles. The lowest BCUT2D eigenvalue weighted by atomic mass is 10.4. The highest BCUT2D eigenvalue weighted by Gasteiger charge is 2.30. The van der Waals surface area contributed by atoms with Gasteiger partial charge in [0.15, 0.2) is 0 Å². The molecule has 1 amide bonds. The summed E-state index contributed by atoms with van der Waals surface area (Å²) >= 11 is 0. The van der Waals surface area contributed by atoms with E-state index in [-0.39, 0.29) is 5.91 Å². The van der Waals surface area contributed by atoms with Gasteiger partial charge in [0, 0.05) is 25.7 Å². The first-order chi connectivity index (χ1) is 8.72. The van der Waals surface area contributed by atoms with Gasteiger partial charge in [0.05, 0.1) is 6.54 Å². The molecule has 1 aliphatic rings. The molecule has 0 spiro atoms. The number of amides is 1. The van der Waals surface area contributed by atoms with E-state index in [4.69, 9.17) is 0 Å². The number of rotatable bonds is 10. The van der Waals surface area contributed by atoms with Crippen LogP contribution in [0, 0.1) is 0 Å². The van der Waals surface area contributed by atoms with Crippen LogP contribution in [0.4, 0.5) is 0 Å². The number of carbonyl (C=O) groups is 1. The maximum Gasteiger partial charge on any atom is 0.236 e. The van der Waals surface area contributed by atoms with Gasteiger partial charge in [0.1, 0.15) is 0 Å². The minimum atomic E-state index is 0.263. The van der Waals surface area contributed by atoms with E-state index in [0.29, 0.717) is 12.6 Å². The van der Waals surface area contributed by atoms with Crippen LogP contribution in [0.1, 0.15) is 40.0 Å². The molecule has 0 atom stereocenters. The van der Waals surface area contributed by atoms with Gasteiger partial charge in [0.2, 0.25) is 5.91 Å². The molecule has 0 aromatic rings. The van der Waals surface area contributed by atoms with Crippen molar-refractivity contribution >= 4 is 5.91 Å². The van der Waals surface area contributed by atoms with Crippen LogP contribution in [0.15, 0.2) is 0 Å². The van der Waals surface area contributed by atoms with E-state index in [9.17, 15) is 4.79 Å². The Morgan fingerprint density at radius 3 is 2.39 bits per heavy atom. The predicted molar refractivity (Wildman–Crippen MR) is 75.7 cm³/mol. The van der Waals surface area contributed by atoms with Crippen molar-refractivity contribution < 1.29 is 4.79 Å². The van der Waals surface area contributed by atoms with Gasteiger partial charge in [0.25, 0.3) is 0 Å². The lowest BCUT2D eigenvalue weighted by Crippen LogP contribution is -2.41. The largest absolute Gasteiger partial charge is 0.339 e. The smallest absolute Gasteiger partial charge is 0.236 e. The van der Waals surface area contributed by atoms with Gasteiger partial charge in [-0.3, -0.25) is 4.79 Å². The van der Waals surface area contributed by atoms with Crippen LogP contribution in [0.2, 0.25) is 0 Å². The number of hydrogen-bond donors (Lipinski definition) is 1. The molecule has 1 aliphatic carbocycles. The summed E-state index contributed by atoms with van der Waals surface area (Å²) in [7, 11) is 0. The minimum Gasteiger partial charge on any atom is -0.339 e. The first-order valence-corrected chi connectivity index (χ1v) is 7.45. The quantitative estimate of drug-likeness (QED) is 0.598. The fourth-order valence-electron chi connectivity index (χ4n) is 2.30. The highest BCUT2D eigenvalue weighted by atomic mass is 16.2. The monoisotopic (exact) mass is 255 g/mol. The number of nitrogens with zero attached hydrogens (tertiary/aromatic N) is 2. The second kappa shape index (κ2) is 8.48. The van der Waals surface area contributed by atoms with E-state index in [2.05, 4.69) is 31.0 Å². The maximum atomic E-state index is 11.9.